The smallest absolute Gasteiger partial charge is 0.407 e. The van der Waals surface area contributed by atoms with Crippen molar-refractivity contribution in [3.63, 3.8) is 0 Å². The van der Waals surface area contributed by atoms with Crippen LogP contribution in [0.4, 0.5) is 10.5 Å². The molecule has 36 heavy (non-hydrogen) atoms. The van der Waals surface area contributed by atoms with Gasteiger partial charge in [0.1, 0.15) is 5.75 Å². The molecule has 3 aromatic carbocycles. The number of hydrogen-bond donors (Lipinski definition) is 3. The molecule has 0 spiro atoms. The average molecular weight is 503 g/mol. The number of aromatic amines is 1. The fraction of sp³-hybridized carbons (Fsp3) is 0.231. The standard InChI is InChI=1S/C26H24BClN4O4/c27-5-10-36-23-4-1-15(13-21(23)28)16-11-19-18-3-2-17(31-6-8-32(9-7-31)26(34)35)14-22(18)30-24(19)20(12-16)25(29)33/h1-4,11-14,30H,5-10H2,(H2,29,33)(H,34,35). The van der Waals surface area contributed by atoms with Crippen LogP contribution in [-0.2, 0) is 0 Å². The van der Waals surface area contributed by atoms with Gasteiger partial charge in [-0.25, -0.2) is 4.79 Å². The number of carboxylic acid groups (broad SMARTS) is 1. The van der Waals surface area contributed by atoms with Crippen molar-refractivity contribution in [3.8, 4) is 16.9 Å². The second-order valence-corrected chi connectivity index (χ2v) is 9.11. The summed E-state index contributed by atoms with van der Waals surface area (Å²) in [4.78, 5) is 30.5. The average Bonchev–Trinajstić information content (AvgIpc) is 3.25. The lowest BCUT2D eigenvalue weighted by Gasteiger charge is -2.34. The number of primary amides is 1. The van der Waals surface area contributed by atoms with Crippen molar-refractivity contribution in [1.82, 2.24) is 9.88 Å². The Morgan fingerprint density at radius 1 is 1.03 bits per heavy atom. The Hall–Kier alpha value is -3.85. The van der Waals surface area contributed by atoms with Crippen molar-refractivity contribution in [2.45, 2.75) is 6.32 Å². The molecule has 1 fully saturated rings. The van der Waals surface area contributed by atoms with Gasteiger partial charge in [-0.1, -0.05) is 30.1 Å². The summed E-state index contributed by atoms with van der Waals surface area (Å²) in [6.07, 6.45) is -0.508. The lowest BCUT2D eigenvalue weighted by atomic mass is 9.98. The molecular weight excluding hydrogens is 479 g/mol. The van der Waals surface area contributed by atoms with E-state index in [1.807, 2.05) is 30.3 Å². The molecule has 0 unspecified atom stereocenters. The van der Waals surface area contributed by atoms with E-state index in [1.54, 1.807) is 18.2 Å². The van der Waals surface area contributed by atoms with E-state index in [0.717, 1.165) is 33.1 Å². The van der Waals surface area contributed by atoms with Crippen molar-refractivity contribution in [2.24, 2.45) is 5.73 Å². The number of benzene rings is 3. The fourth-order valence-corrected chi connectivity index (χ4v) is 4.91. The number of aromatic nitrogens is 1. The Labute approximate surface area is 214 Å². The van der Waals surface area contributed by atoms with Gasteiger partial charge in [-0.2, -0.15) is 0 Å². The number of carbonyl (C=O) groups is 2. The molecule has 4 N–H and O–H groups in total. The zero-order valence-electron chi connectivity index (χ0n) is 19.5. The molecule has 2 radical (unpaired) electrons. The summed E-state index contributed by atoms with van der Waals surface area (Å²) in [5.41, 5.74) is 10.3. The normalized spacial score (nSPS) is 13.9. The van der Waals surface area contributed by atoms with Crippen LogP contribution >= 0.6 is 11.6 Å². The molecule has 1 saturated heterocycles. The highest BCUT2D eigenvalue weighted by Gasteiger charge is 2.21. The molecule has 2 heterocycles. The van der Waals surface area contributed by atoms with E-state index in [4.69, 9.17) is 29.9 Å². The van der Waals surface area contributed by atoms with E-state index in [-0.39, 0.29) is 0 Å². The van der Waals surface area contributed by atoms with E-state index in [0.29, 0.717) is 61.0 Å². The van der Waals surface area contributed by atoms with Crippen LogP contribution in [0.2, 0.25) is 11.3 Å². The Balaban J connectivity index is 1.54. The molecule has 0 aliphatic carbocycles. The zero-order valence-corrected chi connectivity index (χ0v) is 20.2. The molecule has 0 saturated carbocycles. The summed E-state index contributed by atoms with van der Waals surface area (Å²) in [6.45, 7) is 2.49. The Morgan fingerprint density at radius 3 is 2.47 bits per heavy atom. The topological polar surface area (TPSA) is 112 Å². The van der Waals surface area contributed by atoms with E-state index >= 15 is 0 Å². The molecule has 1 aliphatic rings. The lowest BCUT2D eigenvalue weighted by molar-refractivity contribution is 0.100. The predicted molar refractivity (Wildman–Crippen MR) is 143 cm³/mol. The van der Waals surface area contributed by atoms with Crippen LogP contribution in [0.1, 0.15) is 10.4 Å². The molecule has 10 heteroatoms. The maximum absolute atomic E-state index is 12.4. The minimum Gasteiger partial charge on any atom is -0.493 e. The summed E-state index contributed by atoms with van der Waals surface area (Å²) < 4.78 is 5.56. The molecule has 4 aromatic rings. The van der Waals surface area contributed by atoms with Gasteiger partial charge in [0, 0.05) is 48.2 Å². The summed E-state index contributed by atoms with van der Waals surface area (Å²) in [5.74, 6) is 0.0123. The molecule has 8 nitrogen and oxygen atoms in total. The highest BCUT2D eigenvalue weighted by atomic mass is 35.5. The van der Waals surface area contributed by atoms with Crippen LogP contribution in [0.5, 0.6) is 5.75 Å². The maximum Gasteiger partial charge on any atom is 0.407 e. The number of nitrogens with zero attached hydrogens (tertiary/aromatic N) is 2. The van der Waals surface area contributed by atoms with Crippen LogP contribution < -0.4 is 15.4 Å². The highest BCUT2D eigenvalue weighted by molar-refractivity contribution is 6.32. The first-order valence-corrected chi connectivity index (χ1v) is 12.0. The largest absolute Gasteiger partial charge is 0.493 e. The second kappa shape index (κ2) is 9.66. The molecule has 1 aliphatic heterocycles. The number of anilines is 1. The van der Waals surface area contributed by atoms with Crippen LogP contribution in [0.25, 0.3) is 32.9 Å². The molecule has 182 valence electrons. The van der Waals surface area contributed by atoms with Crippen LogP contribution in [-0.4, -0.2) is 67.6 Å². The first-order chi connectivity index (χ1) is 17.4. The van der Waals surface area contributed by atoms with Crippen molar-refractivity contribution < 1.29 is 19.4 Å². The van der Waals surface area contributed by atoms with Gasteiger partial charge >= 0.3 is 6.09 Å². The number of H-pyrrole nitrogens is 1. The molecule has 2 amide bonds. The van der Waals surface area contributed by atoms with Gasteiger partial charge < -0.3 is 30.4 Å². The number of nitrogens with two attached hydrogens (primary N) is 1. The van der Waals surface area contributed by atoms with Gasteiger partial charge in [0.2, 0.25) is 0 Å². The number of carbonyl (C=O) groups excluding carboxylic acids is 1. The SMILES string of the molecule is [B]CCOc1ccc(-c2cc(C(N)=O)c3[nH]c4cc(N5CCN(C(=O)O)CC5)ccc4c3c2)cc1Cl. The second-order valence-electron chi connectivity index (χ2n) is 8.70. The van der Waals surface area contributed by atoms with Crippen molar-refractivity contribution >= 4 is 58.9 Å². The van der Waals surface area contributed by atoms with Gasteiger partial charge in [0.15, 0.2) is 0 Å². The first-order valence-electron chi connectivity index (χ1n) is 11.6. The molecule has 0 bridgehead atoms. The maximum atomic E-state index is 12.4. The van der Waals surface area contributed by atoms with Crippen LogP contribution in [0, 0.1) is 0 Å². The van der Waals surface area contributed by atoms with Crippen molar-refractivity contribution in [3.05, 3.63) is 59.1 Å². The summed E-state index contributed by atoms with van der Waals surface area (Å²) in [7, 11) is 5.51. The molecule has 0 atom stereocenters. The minimum absolute atomic E-state index is 0.365. The molecule has 5 rings (SSSR count). The van der Waals surface area contributed by atoms with Gasteiger partial charge in [-0.05, 0) is 47.5 Å². The van der Waals surface area contributed by atoms with Crippen molar-refractivity contribution in [2.75, 3.05) is 37.7 Å². The minimum atomic E-state index is -0.894. The Kier molecular flexibility index (Phi) is 6.41. The van der Waals surface area contributed by atoms with E-state index < -0.39 is 12.0 Å². The number of rotatable bonds is 6. The first kappa shape index (κ1) is 23.9. The third-order valence-corrected chi connectivity index (χ3v) is 6.81. The number of halogens is 1. The highest BCUT2D eigenvalue weighted by Crippen LogP contribution is 2.36. The number of piperazine rings is 1. The number of fused-ring (bicyclic) bond motifs is 3. The summed E-state index contributed by atoms with van der Waals surface area (Å²) in [6, 6.07) is 15.3. The number of nitrogens with one attached hydrogen (secondary N) is 1. The predicted octanol–water partition coefficient (Wildman–Crippen LogP) is 4.51. The fourth-order valence-electron chi connectivity index (χ4n) is 4.67. The Morgan fingerprint density at radius 2 is 1.81 bits per heavy atom. The summed E-state index contributed by atoms with van der Waals surface area (Å²) >= 11 is 6.42. The number of hydrogen-bond acceptors (Lipinski definition) is 4. The Bertz CT molecular complexity index is 1480. The van der Waals surface area contributed by atoms with Crippen LogP contribution in [0.3, 0.4) is 0 Å². The van der Waals surface area contributed by atoms with E-state index in [2.05, 4.69) is 9.88 Å². The third-order valence-electron chi connectivity index (χ3n) is 6.51. The molecule has 1 aromatic heterocycles. The van der Waals surface area contributed by atoms with Gasteiger partial charge in [0.05, 0.1) is 30.6 Å². The lowest BCUT2D eigenvalue weighted by Crippen LogP contribution is -2.48. The van der Waals surface area contributed by atoms with Gasteiger partial charge in [0.25, 0.3) is 5.91 Å². The summed E-state index contributed by atoms with van der Waals surface area (Å²) in [5, 5.41) is 11.5. The van der Waals surface area contributed by atoms with Crippen LogP contribution in [0.15, 0.2) is 48.5 Å². The van der Waals surface area contributed by atoms with Gasteiger partial charge in [-0.15, -0.1) is 0 Å². The van der Waals surface area contributed by atoms with Crippen molar-refractivity contribution in [1.29, 1.82) is 0 Å². The monoisotopic (exact) mass is 502 g/mol. The van der Waals surface area contributed by atoms with E-state index in [1.165, 1.54) is 4.90 Å². The van der Waals surface area contributed by atoms with Gasteiger partial charge in [-0.3, -0.25) is 4.79 Å². The van der Waals surface area contributed by atoms with E-state index in [9.17, 15) is 14.7 Å². The quantitative estimate of drug-likeness (QED) is 0.336. The number of ether oxygens (including phenoxy) is 1. The zero-order chi connectivity index (χ0) is 25.4. The number of amides is 2. The molecular formula is C26H24BClN4O4. The third kappa shape index (κ3) is 4.42.